The zero-order valence-electron chi connectivity index (χ0n) is 14.8. The SMILES string of the molecule is CCCNC(CN1CCC(C(C)C)CCC1=O)C(C)CC. The smallest absolute Gasteiger partial charge is 0.222 e. The minimum absolute atomic E-state index is 0.366. The number of amides is 1. The number of likely N-dealkylation sites (tertiary alicyclic amines) is 1. The highest BCUT2D eigenvalue weighted by atomic mass is 16.2. The molecule has 0 aliphatic carbocycles. The second-order valence-corrected chi connectivity index (χ2v) is 7.12. The van der Waals surface area contributed by atoms with Crippen molar-refractivity contribution in [3.8, 4) is 0 Å². The van der Waals surface area contributed by atoms with E-state index in [0.29, 0.717) is 29.7 Å². The van der Waals surface area contributed by atoms with Crippen LogP contribution in [0.25, 0.3) is 0 Å². The molecule has 124 valence electrons. The van der Waals surface area contributed by atoms with E-state index in [9.17, 15) is 4.79 Å². The molecule has 1 N–H and O–H groups in total. The first-order valence-electron chi connectivity index (χ1n) is 9.00. The molecule has 0 aromatic carbocycles. The summed E-state index contributed by atoms with van der Waals surface area (Å²) in [7, 11) is 0. The van der Waals surface area contributed by atoms with E-state index in [0.717, 1.165) is 45.3 Å². The second-order valence-electron chi connectivity index (χ2n) is 7.12. The van der Waals surface area contributed by atoms with Crippen molar-refractivity contribution in [2.45, 2.75) is 72.8 Å². The van der Waals surface area contributed by atoms with E-state index in [-0.39, 0.29) is 0 Å². The summed E-state index contributed by atoms with van der Waals surface area (Å²) in [5, 5.41) is 3.65. The highest BCUT2D eigenvalue weighted by molar-refractivity contribution is 5.76. The monoisotopic (exact) mass is 296 g/mol. The lowest BCUT2D eigenvalue weighted by atomic mass is 9.89. The predicted octanol–water partition coefficient (Wildman–Crippen LogP) is 3.69. The molecule has 0 aromatic heterocycles. The van der Waals surface area contributed by atoms with E-state index in [1.165, 1.54) is 6.42 Å². The molecule has 3 atom stereocenters. The molecule has 0 aromatic rings. The third-order valence-electron chi connectivity index (χ3n) is 5.20. The van der Waals surface area contributed by atoms with Gasteiger partial charge in [-0.3, -0.25) is 4.79 Å². The normalized spacial score (nSPS) is 23.2. The van der Waals surface area contributed by atoms with Gasteiger partial charge in [0.15, 0.2) is 0 Å². The van der Waals surface area contributed by atoms with Gasteiger partial charge in [-0.25, -0.2) is 0 Å². The Bertz CT molecular complexity index is 304. The van der Waals surface area contributed by atoms with Gasteiger partial charge in [0.05, 0.1) is 0 Å². The average Bonchev–Trinajstić information content (AvgIpc) is 2.65. The van der Waals surface area contributed by atoms with Crippen molar-refractivity contribution in [3.63, 3.8) is 0 Å². The first-order valence-corrected chi connectivity index (χ1v) is 9.00. The number of carbonyl (C=O) groups is 1. The molecule has 3 nitrogen and oxygen atoms in total. The Morgan fingerprint density at radius 3 is 2.52 bits per heavy atom. The lowest BCUT2D eigenvalue weighted by molar-refractivity contribution is -0.131. The summed E-state index contributed by atoms with van der Waals surface area (Å²) in [6.45, 7) is 14.2. The number of nitrogens with zero attached hydrogens (tertiary/aromatic N) is 1. The van der Waals surface area contributed by atoms with Gasteiger partial charge in [0.25, 0.3) is 0 Å². The summed E-state index contributed by atoms with van der Waals surface area (Å²) in [4.78, 5) is 14.5. The summed E-state index contributed by atoms with van der Waals surface area (Å²) in [6, 6.07) is 0.439. The molecule has 0 radical (unpaired) electrons. The first-order chi connectivity index (χ1) is 9.99. The van der Waals surface area contributed by atoms with Gasteiger partial charge in [-0.1, -0.05) is 41.0 Å². The van der Waals surface area contributed by atoms with Crippen molar-refractivity contribution >= 4 is 5.91 Å². The lowest BCUT2D eigenvalue weighted by Crippen LogP contribution is -2.47. The zero-order valence-corrected chi connectivity index (χ0v) is 14.8. The van der Waals surface area contributed by atoms with Crippen LogP contribution in [-0.4, -0.2) is 36.5 Å². The van der Waals surface area contributed by atoms with Crippen molar-refractivity contribution in [2.75, 3.05) is 19.6 Å². The van der Waals surface area contributed by atoms with Gasteiger partial charge in [-0.05, 0) is 43.6 Å². The second kappa shape index (κ2) is 9.45. The van der Waals surface area contributed by atoms with E-state index in [4.69, 9.17) is 0 Å². The van der Waals surface area contributed by atoms with Gasteiger partial charge in [0, 0.05) is 25.6 Å². The van der Waals surface area contributed by atoms with Gasteiger partial charge >= 0.3 is 0 Å². The Morgan fingerprint density at radius 1 is 1.24 bits per heavy atom. The molecule has 3 heteroatoms. The number of nitrogens with one attached hydrogen (secondary N) is 1. The first kappa shape index (κ1) is 18.5. The van der Waals surface area contributed by atoms with Gasteiger partial charge in [0.2, 0.25) is 5.91 Å². The Balaban J connectivity index is 2.61. The summed E-state index contributed by atoms with van der Waals surface area (Å²) in [5.41, 5.74) is 0. The summed E-state index contributed by atoms with van der Waals surface area (Å²) >= 11 is 0. The Kier molecular flexibility index (Phi) is 8.31. The maximum atomic E-state index is 12.4. The van der Waals surface area contributed by atoms with Gasteiger partial charge in [-0.15, -0.1) is 0 Å². The molecule has 1 rings (SSSR count). The van der Waals surface area contributed by atoms with Crippen LogP contribution in [0.3, 0.4) is 0 Å². The molecular weight excluding hydrogens is 260 g/mol. The van der Waals surface area contributed by atoms with Gasteiger partial charge < -0.3 is 10.2 Å². The van der Waals surface area contributed by atoms with Crippen LogP contribution >= 0.6 is 0 Å². The summed E-state index contributed by atoms with van der Waals surface area (Å²) in [5.74, 6) is 2.39. The van der Waals surface area contributed by atoms with Crippen LogP contribution in [0, 0.1) is 17.8 Å². The standard InChI is InChI=1S/C18H36N2O/c1-6-11-19-17(15(5)7-2)13-20-12-10-16(14(3)4)8-9-18(20)21/h14-17,19H,6-13H2,1-5H3. The lowest BCUT2D eigenvalue weighted by Gasteiger charge is -2.31. The van der Waals surface area contributed by atoms with E-state index < -0.39 is 0 Å². The quantitative estimate of drug-likeness (QED) is 0.741. The number of hydrogen-bond acceptors (Lipinski definition) is 2. The van der Waals surface area contributed by atoms with Crippen molar-refractivity contribution < 1.29 is 4.79 Å². The summed E-state index contributed by atoms with van der Waals surface area (Å²) < 4.78 is 0. The average molecular weight is 296 g/mol. The molecule has 21 heavy (non-hydrogen) atoms. The third kappa shape index (κ3) is 5.98. The van der Waals surface area contributed by atoms with Crippen LogP contribution in [0.15, 0.2) is 0 Å². The van der Waals surface area contributed by atoms with E-state index in [2.05, 4.69) is 44.8 Å². The largest absolute Gasteiger partial charge is 0.341 e. The molecule has 1 aliphatic heterocycles. The minimum atomic E-state index is 0.366. The fraction of sp³-hybridized carbons (Fsp3) is 0.944. The Labute approximate surface area is 131 Å². The van der Waals surface area contributed by atoms with Gasteiger partial charge in [-0.2, -0.15) is 0 Å². The van der Waals surface area contributed by atoms with Crippen LogP contribution in [0.1, 0.15) is 66.7 Å². The number of hydrogen-bond donors (Lipinski definition) is 1. The molecule has 0 saturated carbocycles. The number of carbonyl (C=O) groups excluding carboxylic acids is 1. The Hall–Kier alpha value is -0.570. The fourth-order valence-corrected chi connectivity index (χ4v) is 3.21. The van der Waals surface area contributed by atoms with Crippen LogP contribution in [0.4, 0.5) is 0 Å². The molecule has 1 heterocycles. The molecule has 1 aliphatic rings. The Morgan fingerprint density at radius 2 is 1.95 bits per heavy atom. The zero-order chi connectivity index (χ0) is 15.8. The molecule has 3 unspecified atom stereocenters. The molecule has 0 bridgehead atoms. The molecule has 0 spiro atoms. The fourth-order valence-electron chi connectivity index (χ4n) is 3.21. The van der Waals surface area contributed by atoms with Gasteiger partial charge in [0.1, 0.15) is 0 Å². The van der Waals surface area contributed by atoms with Crippen LogP contribution < -0.4 is 5.32 Å². The third-order valence-corrected chi connectivity index (χ3v) is 5.20. The highest BCUT2D eigenvalue weighted by Gasteiger charge is 2.27. The van der Waals surface area contributed by atoms with E-state index in [1.54, 1.807) is 0 Å². The van der Waals surface area contributed by atoms with Crippen molar-refractivity contribution in [2.24, 2.45) is 17.8 Å². The van der Waals surface area contributed by atoms with Crippen molar-refractivity contribution in [1.29, 1.82) is 0 Å². The maximum absolute atomic E-state index is 12.4. The van der Waals surface area contributed by atoms with Crippen LogP contribution in [0.5, 0.6) is 0 Å². The predicted molar refractivity (Wildman–Crippen MR) is 90.3 cm³/mol. The van der Waals surface area contributed by atoms with Crippen molar-refractivity contribution in [1.82, 2.24) is 10.2 Å². The number of rotatable bonds is 8. The highest BCUT2D eigenvalue weighted by Crippen LogP contribution is 2.25. The molecule has 1 fully saturated rings. The molecule has 1 saturated heterocycles. The van der Waals surface area contributed by atoms with Crippen molar-refractivity contribution in [3.05, 3.63) is 0 Å². The maximum Gasteiger partial charge on any atom is 0.222 e. The minimum Gasteiger partial charge on any atom is -0.341 e. The van der Waals surface area contributed by atoms with E-state index >= 15 is 0 Å². The molecule has 1 amide bonds. The molecular formula is C18H36N2O. The van der Waals surface area contributed by atoms with Crippen LogP contribution in [-0.2, 0) is 4.79 Å². The summed E-state index contributed by atoms with van der Waals surface area (Å²) in [6.07, 6.45) is 5.30. The van der Waals surface area contributed by atoms with Crippen LogP contribution in [0.2, 0.25) is 0 Å². The van der Waals surface area contributed by atoms with E-state index in [1.807, 2.05) is 0 Å². The topological polar surface area (TPSA) is 32.3 Å².